The second kappa shape index (κ2) is 8.02. The normalized spacial score (nSPS) is 12.4. The van der Waals surface area contributed by atoms with E-state index >= 15 is 0 Å². The third-order valence-electron chi connectivity index (χ3n) is 3.35. The summed E-state index contributed by atoms with van der Waals surface area (Å²) >= 11 is 35.5. The lowest BCUT2D eigenvalue weighted by Crippen LogP contribution is -2.09. The average molecular weight is 535 g/mol. The third kappa shape index (κ3) is 4.78. The molecule has 2 rings (SSSR count). The Balaban J connectivity index is 2.91. The highest BCUT2D eigenvalue weighted by molar-refractivity contribution is 7.86. The Bertz CT molecular complexity index is 1070. The molecular weight excluding hydrogens is 529 g/mol. The van der Waals surface area contributed by atoms with E-state index in [0.717, 1.165) is 12.1 Å². The Kier molecular flexibility index (Phi) is 6.92. The molecule has 14 heteroatoms. The lowest BCUT2D eigenvalue weighted by molar-refractivity contribution is 0.481. The average Bonchev–Trinajstić information content (AvgIpc) is 2.52. The minimum atomic E-state index is -4.84. The molecule has 0 bridgehead atoms. The maximum Gasteiger partial charge on any atom is 0.294 e. The van der Waals surface area contributed by atoms with Crippen LogP contribution in [0.2, 0.25) is 30.1 Å². The van der Waals surface area contributed by atoms with Crippen LogP contribution in [0.1, 0.15) is 11.1 Å². The molecule has 0 aliphatic rings. The van der Waals surface area contributed by atoms with Gasteiger partial charge in [-0.05, 0) is 23.3 Å². The molecule has 2 N–H and O–H groups in total. The molecule has 0 amide bonds. The van der Waals surface area contributed by atoms with Crippen molar-refractivity contribution in [3.8, 4) is 0 Å². The van der Waals surface area contributed by atoms with Crippen molar-refractivity contribution in [2.75, 3.05) is 0 Å². The molecule has 0 heterocycles. The van der Waals surface area contributed by atoms with Gasteiger partial charge in [-0.15, -0.1) is 0 Å². The van der Waals surface area contributed by atoms with Crippen molar-refractivity contribution >= 4 is 89.8 Å². The van der Waals surface area contributed by atoms with Crippen molar-refractivity contribution in [2.24, 2.45) is 0 Å². The third-order valence-corrected chi connectivity index (χ3v) is 7.80. The molecule has 0 saturated carbocycles. The first-order chi connectivity index (χ1) is 12.2. The summed E-state index contributed by atoms with van der Waals surface area (Å²) in [6, 6.07) is 1.66. The minimum Gasteiger partial charge on any atom is -0.282 e. The molecule has 0 fully saturated rings. The van der Waals surface area contributed by atoms with Gasteiger partial charge in [0, 0.05) is 6.42 Å². The summed E-state index contributed by atoms with van der Waals surface area (Å²) < 4.78 is 65.7. The van der Waals surface area contributed by atoms with E-state index in [-0.39, 0.29) is 41.3 Å². The Morgan fingerprint density at radius 2 is 0.926 bits per heavy atom. The van der Waals surface area contributed by atoms with Crippen LogP contribution in [-0.4, -0.2) is 25.9 Å². The Labute approximate surface area is 184 Å². The van der Waals surface area contributed by atoms with E-state index in [2.05, 4.69) is 0 Å². The summed E-state index contributed by atoms with van der Waals surface area (Å²) in [4.78, 5) is -1.46. The molecule has 0 radical (unpaired) electrons. The minimum absolute atomic E-state index is 0.245. The fourth-order valence-corrected chi connectivity index (χ4v) is 5.32. The van der Waals surface area contributed by atoms with Gasteiger partial charge in [-0.1, -0.05) is 69.6 Å². The number of rotatable bonds is 4. The van der Waals surface area contributed by atoms with Gasteiger partial charge < -0.3 is 0 Å². The summed E-state index contributed by atoms with van der Waals surface area (Å²) in [5.41, 5.74) is -0.641. The summed E-state index contributed by atoms with van der Waals surface area (Å²) in [6.45, 7) is 0. The van der Waals surface area contributed by atoms with Crippen molar-refractivity contribution in [3.05, 3.63) is 53.4 Å². The summed E-state index contributed by atoms with van der Waals surface area (Å²) in [6.07, 6.45) is -0.601. The molecule has 0 spiro atoms. The topological polar surface area (TPSA) is 109 Å². The molecule has 0 aliphatic carbocycles. The monoisotopic (exact) mass is 532 g/mol. The van der Waals surface area contributed by atoms with E-state index in [1.807, 2.05) is 0 Å². The van der Waals surface area contributed by atoms with E-state index in [0.29, 0.717) is 0 Å². The van der Waals surface area contributed by atoms with E-state index in [1.165, 1.54) is 0 Å². The van der Waals surface area contributed by atoms with Crippen molar-refractivity contribution in [1.29, 1.82) is 0 Å². The Morgan fingerprint density at radius 1 is 0.630 bits per heavy atom. The highest BCUT2D eigenvalue weighted by atomic mass is 35.5. The lowest BCUT2D eigenvalue weighted by Gasteiger charge is -2.16. The second-order valence-electron chi connectivity index (χ2n) is 5.05. The van der Waals surface area contributed by atoms with Crippen LogP contribution in [0.3, 0.4) is 0 Å². The van der Waals surface area contributed by atoms with Crippen molar-refractivity contribution < 1.29 is 25.9 Å². The Hall–Kier alpha value is -0.000000000000000278. The quantitative estimate of drug-likeness (QED) is 0.385. The smallest absolute Gasteiger partial charge is 0.282 e. The molecule has 2 aromatic carbocycles. The molecule has 0 aromatic heterocycles. The van der Waals surface area contributed by atoms with Crippen LogP contribution < -0.4 is 0 Å². The van der Waals surface area contributed by atoms with Crippen molar-refractivity contribution in [1.82, 2.24) is 0 Å². The first-order valence-corrected chi connectivity index (χ1v) is 11.6. The van der Waals surface area contributed by atoms with Crippen LogP contribution in [0, 0.1) is 0 Å². The first kappa shape index (κ1) is 23.3. The summed E-state index contributed by atoms with van der Waals surface area (Å²) in [5.74, 6) is 0. The SMILES string of the molecule is O=S(=O)(O)c1cc(Cl)c(Cl)c(Cl)c1Cc1c(S(=O)(=O)O)cc(Cl)c(Cl)c1Cl. The largest absolute Gasteiger partial charge is 0.294 e. The maximum absolute atomic E-state index is 11.7. The predicted octanol–water partition coefficient (Wildman–Crippen LogP) is 5.69. The van der Waals surface area contributed by atoms with Crippen molar-refractivity contribution in [3.63, 3.8) is 0 Å². The van der Waals surface area contributed by atoms with Gasteiger partial charge in [0.05, 0.1) is 30.1 Å². The van der Waals surface area contributed by atoms with Crippen molar-refractivity contribution in [2.45, 2.75) is 16.2 Å². The van der Waals surface area contributed by atoms with Gasteiger partial charge in [0.1, 0.15) is 9.79 Å². The summed E-state index contributed by atoms with van der Waals surface area (Å²) in [5, 5.41) is -1.78. The van der Waals surface area contributed by atoms with Gasteiger partial charge in [-0.25, -0.2) is 0 Å². The molecule has 0 unspecified atom stereocenters. The highest BCUT2D eigenvalue weighted by Crippen LogP contribution is 2.42. The van der Waals surface area contributed by atoms with Gasteiger partial charge in [0.2, 0.25) is 0 Å². The lowest BCUT2D eigenvalue weighted by atomic mass is 10.0. The van der Waals surface area contributed by atoms with Gasteiger partial charge in [0.15, 0.2) is 0 Å². The zero-order valence-electron chi connectivity index (χ0n) is 12.5. The molecule has 148 valence electrons. The Morgan fingerprint density at radius 3 is 1.19 bits per heavy atom. The van der Waals surface area contributed by atoms with Crippen LogP contribution in [-0.2, 0) is 26.7 Å². The van der Waals surface area contributed by atoms with E-state index < -0.39 is 36.4 Å². The van der Waals surface area contributed by atoms with Crippen LogP contribution in [0.25, 0.3) is 0 Å². The van der Waals surface area contributed by atoms with Crippen LogP contribution in [0.5, 0.6) is 0 Å². The number of hydrogen-bond donors (Lipinski definition) is 2. The fraction of sp³-hybridized carbons (Fsp3) is 0.0769. The first-order valence-electron chi connectivity index (χ1n) is 6.44. The van der Waals surface area contributed by atoms with E-state index in [1.54, 1.807) is 0 Å². The van der Waals surface area contributed by atoms with Crippen LogP contribution >= 0.6 is 69.6 Å². The van der Waals surface area contributed by atoms with Crippen LogP contribution in [0.15, 0.2) is 21.9 Å². The zero-order valence-corrected chi connectivity index (χ0v) is 18.6. The van der Waals surface area contributed by atoms with E-state index in [4.69, 9.17) is 69.6 Å². The summed E-state index contributed by atoms with van der Waals surface area (Å²) in [7, 11) is -9.67. The van der Waals surface area contributed by atoms with Crippen LogP contribution in [0.4, 0.5) is 0 Å². The molecule has 6 nitrogen and oxygen atoms in total. The van der Waals surface area contributed by atoms with Gasteiger partial charge in [0.25, 0.3) is 20.2 Å². The van der Waals surface area contributed by atoms with Gasteiger partial charge in [-0.2, -0.15) is 16.8 Å². The van der Waals surface area contributed by atoms with Gasteiger partial charge >= 0.3 is 0 Å². The molecule has 27 heavy (non-hydrogen) atoms. The molecule has 0 aliphatic heterocycles. The zero-order chi connectivity index (χ0) is 20.9. The highest BCUT2D eigenvalue weighted by Gasteiger charge is 2.28. The molecule has 0 atom stereocenters. The number of halogens is 6. The van der Waals surface area contributed by atoms with E-state index in [9.17, 15) is 25.9 Å². The second-order valence-corrected chi connectivity index (χ2v) is 10.2. The maximum atomic E-state index is 11.7. The molecule has 2 aromatic rings. The predicted molar refractivity (Wildman–Crippen MR) is 105 cm³/mol. The molecular formula is C13H6Cl6O6S2. The fourth-order valence-electron chi connectivity index (χ4n) is 2.19. The molecule has 0 saturated heterocycles. The number of hydrogen-bond acceptors (Lipinski definition) is 4. The standard InChI is InChI=1S/C13H6Cl6O6S2/c14-6-2-8(26(20,21)22)4(10(16)12(6)18)1-5-9(27(23,24)25)3-7(15)13(19)11(5)17/h2-3H,1H2,(H,20,21,22)(H,23,24,25). The number of benzene rings is 2. The van der Waals surface area contributed by atoms with Gasteiger partial charge in [-0.3, -0.25) is 9.11 Å².